The molecular weight excluding hydrogens is 1410 g/mol. The molecule has 0 radical (unpaired) electrons. The van der Waals surface area contributed by atoms with Crippen LogP contribution in [0.2, 0.25) is 0 Å². The number of rotatable bonds is 26. The topological polar surface area (TPSA) is 90.4 Å². The van der Waals surface area contributed by atoms with Crippen molar-refractivity contribution in [2.45, 2.75) is 167 Å². The number of hydrogen-bond donors (Lipinski definition) is 0. The van der Waals surface area contributed by atoms with Gasteiger partial charge in [-0.3, -0.25) is 9.59 Å². The first-order valence-electron chi connectivity index (χ1n) is 37.8. The van der Waals surface area contributed by atoms with Gasteiger partial charge in [-0.05, 0) is 213 Å². The number of Topliss-reactive ketones (excluding diaryl/α,β-unsaturated/α-hetero) is 2. The smallest absolute Gasteiger partial charge is 0.271 e. The number of nitrogens with zero attached hydrogens (tertiary/aromatic N) is 4. The van der Waals surface area contributed by atoms with E-state index in [0.717, 1.165) is 79.3 Å². The first-order valence-corrected chi connectivity index (χ1v) is 42.8. The molecule has 0 saturated carbocycles. The summed E-state index contributed by atoms with van der Waals surface area (Å²) in [6.45, 7) is 25.1. The summed E-state index contributed by atoms with van der Waals surface area (Å²) in [6.07, 6.45) is 27.7. The summed E-state index contributed by atoms with van der Waals surface area (Å²) in [7, 11) is 0. The summed E-state index contributed by atoms with van der Waals surface area (Å²) >= 11 is 9.52. The van der Waals surface area contributed by atoms with Crippen LogP contribution in [0.3, 0.4) is 0 Å². The monoisotopic (exact) mass is 1490 g/mol. The fraction of sp³-hybridized carbons (Fsp3) is 0.277. The van der Waals surface area contributed by atoms with Crippen molar-refractivity contribution in [1.29, 1.82) is 10.5 Å². The fourth-order valence-corrected chi connectivity index (χ4v) is 23.2. The van der Waals surface area contributed by atoms with Gasteiger partial charge in [-0.15, -0.1) is 68.0 Å². The van der Waals surface area contributed by atoms with Crippen molar-refractivity contribution in [3.63, 3.8) is 0 Å². The number of hydrogen-bond acceptors (Lipinski definition) is 10. The molecule has 15 rings (SSSR count). The molecule has 0 N–H and O–H groups in total. The van der Waals surface area contributed by atoms with Crippen molar-refractivity contribution in [3.05, 3.63) is 318 Å². The number of allylic oxidation sites excluding steroid dienone is 4. The number of unbranched alkanes of at least 4 members (excludes halogenated alkanes) is 12. The predicted octanol–water partition coefficient (Wildman–Crippen LogP) is 23.3. The molecule has 106 heavy (non-hydrogen) atoms. The number of benzene rings is 5. The van der Waals surface area contributed by atoms with Crippen LogP contribution in [0.1, 0.15) is 237 Å². The lowest BCUT2D eigenvalue weighted by molar-refractivity contribution is 0.105. The number of fused-ring (bicyclic) bond motifs is 8. The van der Waals surface area contributed by atoms with Gasteiger partial charge in [0, 0.05) is 80.8 Å². The Morgan fingerprint density at radius 3 is 1.02 bits per heavy atom. The van der Waals surface area contributed by atoms with Crippen molar-refractivity contribution in [3.8, 4) is 33.0 Å². The second kappa shape index (κ2) is 31.6. The molecule has 0 atom stereocenters. The Labute approximate surface area is 647 Å². The van der Waals surface area contributed by atoms with E-state index in [1.165, 1.54) is 210 Å². The van der Waals surface area contributed by atoms with Crippen LogP contribution in [0, 0.1) is 35.8 Å². The van der Waals surface area contributed by atoms with Crippen LogP contribution in [0.25, 0.3) is 65.0 Å². The Morgan fingerprint density at radius 2 is 0.717 bits per heavy atom. The largest absolute Gasteiger partial charge is 0.289 e. The number of carbonyl (C=O) groups is 2. The van der Waals surface area contributed by atoms with Gasteiger partial charge in [-0.1, -0.05) is 202 Å². The van der Waals surface area contributed by atoms with Gasteiger partial charge in [0.05, 0.1) is 36.1 Å². The summed E-state index contributed by atoms with van der Waals surface area (Å²) in [5.74, 6) is -0.298. The molecule has 6 aromatic heterocycles. The minimum atomic E-state index is -0.768. The first kappa shape index (κ1) is 72.1. The SMILES string of the molecule is [C-]#[N+]/C(C#N)=C1/C(=c2/cc/c(=C\c3cc4c(s3)-c3cc5c(cc3C4(c3ccc(CCCCCC)cc3)c3ccc(CCCCCC)cc3)-c3sc(/C=c4\cc/c(=C6\C(=O)c7ccsc7\C6=C(/C#N)[N+]#[C-])s4)cc3C5(c3ccc(CCCCCC)cc3)c3ccc(CCCCCC)cc3)s2)C(=O)c2ccsc21. The van der Waals surface area contributed by atoms with E-state index in [2.05, 4.69) is 195 Å². The van der Waals surface area contributed by atoms with Crippen LogP contribution >= 0.6 is 68.0 Å². The van der Waals surface area contributed by atoms with Gasteiger partial charge in [-0.2, -0.15) is 0 Å². The Balaban J connectivity index is 0.988. The Morgan fingerprint density at radius 1 is 0.387 bits per heavy atom. The van der Waals surface area contributed by atoms with Gasteiger partial charge in [-0.25, -0.2) is 20.2 Å². The Kier molecular flexibility index (Phi) is 21.5. The van der Waals surface area contributed by atoms with Gasteiger partial charge in [0.1, 0.15) is 0 Å². The lowest BCUT2D eigenvalue weighted by Gasteiger charge is -2.35. The number of ketones is 2. The maximum Gasteiger partial charge on any atom is 0.271 e. The second-order valence-corrected chi connectivity index (χ2v) is 34.8. The third kappa shape index (κ3) is 13.0. The predicted molar refractivity (Wildman–Crippen MR) is 445 cm³/mol. The Bertz CT molecular complexity index is 5250. The zero-order valence-electron chi connectivity index (χ0n) is 60.5. The average molecular weight is 1490 g/mol. The van der Waals surface area contributed by atoms with Crippen LogP contribution in [0.5, 0.6) is 0 Å². The van der Waals surface area contributed by atoms with Gasteiger partial charge in [0.25, 0.3) is 11.4 Å². The molecule has 11 aromatic rings. The maximum absolute atomic E-state index is 14.3. The quantitative estimate of drug-likeness (QED) is 0.0307. The normalized spacial score (nSPS) is 16.5. The van der Waals surface area contributed by atoms with E-state index in [1.807, 2.05) is 57.7 Å². The van der Waals surface area contributed by atoms with E-state index < -0.39 is 10.8 Å². The summed E-state index contributed by atoms with van der Waals surface area (Å²) in [5.41, 5.74) is 18.8. The highest BCUT2D eigenvalue weighted by atomic mass is 32.1. The first-order chi connectivity index (χ1) is 52.0. The van der Waals surface area contributed by atoms with Crippen molar-refractivity contribution in [2.75, 3.05) is 0 Å². The van der Waals surface area contributed by atoms with Gasteiger partial charge < -0.3 is 0 Å². The van der Waals surface area contributed by atoms with Gasteiger partial charge in [0.15, 0.2) is 11.6 Å². The van der Waals surface area contributed by atoms with Crippen LogP contribution in [0.15, 0.2) is 180 Å². The minimum absolute atomic E-state index is 0.0667. The molecular formula is C94H82N4O2S6. The minimum Gasteiger partial charge on any atom is -0.289 e. The third-order valence-corrected chi connectivity index (χ3v) is 28.2. The lowest BCUT2D eigenvalue weighted by Crippen LogP contribution is -2.30. The molecule has 0 unspecified atom stereocenters. The van der Waals surface area contributed by atoms with Crippen LogP contribution in [-0.2, 0) is 36.5 Å². The molecule has 5 aromatic carbocycles. The lowest BCUT2D eigenvalue weighted by atomic mass is 9.65. The highest BCUT2D eigenvalue weighted by molar-refractivity contribution is 7.18. The van der Waals surface area contributed by atoms with Crippen molar-refractivity contribution >= 4 is 114 Å². The zero-order valence-corrected chi connectivity index (χ0v) is 65.4. The van der Waals surface area contributed by atoms with Gasteiger partial charge >= 0.3 is 0 Å². The van der Waals surface area contributed by atoms with Gasteiger partial charge in [0.2, 0.25) is 0 Å². The summed E-state index contributed by atoms with van der Waals surface area (Å²) in [6, 6.07) is 64.7. The molecule has 526 valence electrons. The number of aryl methyl sites for hydroxylation is 4. The standard InChI is InChI=1S/C94H82N4O2S6/c1-7-11-15-19-23-59-27-35-63(36-28-59)93(64-37-29-60(30-38-64)24-20-16-12-8-2)75-55-74-76(56-73(75)89-77(93)53-69(105-89)51-67-43-45-81(103-67)85-83(79(57-95)97-5)91-71(87(85)99)47-49-101-91)94(65-39-31-61(32-40-65)25-21-17-13-9-3,66-41-33-62(34-42-66)26-22-18-14-10-4)78-54-70(106-90(74)78)52-68-44-46-82(104-68)86-84(80(58-96)98-6)92-72(88(86)100)48-50-102-92/h27-56H,7-26H2,1-4H3/b67-51+,68-52+,83-79-,84-80+,85-81+,86-82+. The summed E-state index contributed by atoms with van der Waals surface area (Å²) in [4.78, 5) is 42.0. The number of nitriles is 2. The molecule has 4 aliphatic rings. The molecule has 0 aliphatic heterocycles. The summed E-state index contributed by atoms with van der Waals surface area (Å²) < 4.78 is 3.43. The van der Waals surface area contributed by atoms with E-state index in [-0.39, 0.29) is 23.0 Å². The summed E-state index contributed by atoms with van der Waals surface area (Å²) in [5, 5.41) is 24.3. The van der Waals surface area contributed by atoms with E-state index in [4.69, 9.17) is 13.1 Å². The molecule has 0 saturated heterocycles. The highest BCUT2D eigenvalue weighted by Crippen LogP contribution is 2.65. The molecule has 0 fully saturated rings. The fourth-order valence-electron chi connectivity index (χ4n) is 16.8. The van der Waals surface area contributed by atoms with Crippen LogP contribution < -0.4 is 18.1 Å². The molecule has 0 amide bonds. The molecule has 12 heteroatoms. The molecule has 6 heterocycles. The number of carbonyl (C=O) groups excluding carboxylic acids is 2. The van der Waals surface area contributed by atoms with Crippen molar-refractivity contribution in [1.82, 2.24) is 0 Å². The van der Waals surface area contributed by atoms with E-state index >= 15 is 0 Å². The number of thiophene rings is 6. The second-order valence-electron chi connectivity index (χ2n) is 28.6. The highest BCUT2D eigenvalue weighted by Gasteiger charge is 2.53. The van der Waals surface area contributed by atoms with E-state index in [9.17, 15) is 20.1 Å². The zero-order chi connectivity index (χ0) is 73.1. The van der Waals surface area contributed by atoms with Crippen molar-refractivity contribution in [2.24, 2.45) is 0 Å². The van der Waals surface area contributed by atoms with Crippen LogP contribution in [0.4, 0.5) is 0 Å². The molecule has 6 nitrogen and oxygen atoms in total. The maximum atomic E-state index is 14.3. The van der Waals surface area contributed by atoms with E-state index in [1.54, 1.807) is 0 Å². The molecule has 0 spiro atoms. The average Bonchev–Trinajstić information content (AvgIpc) is 1.50. The van der Waals surface area contributed by atoms with Crippen LogP contribution in [-0.4, -0.2) is 11.6 Å². The van der Waals surface area contributed by atoms with Crippen molar-refractivity contribution < 1.29 is 9.59 Å². The third-order valence-electron chi connectivity index (χ3n) is 22.0. The molecule has 4 aliphatic carbocycles. The van der Waals surface area contributed by atoms with E-state index in [0.29, 0.717) is 43.2 Å². The molecule has 0 bridgehead atoms. The Hall–Kier alpha value is -9.44.